The van der Waals surface area contributed by atoms with E-state index in [1.807, 2.05) is 43.3 Å². The van der Waals surface area contributed by atoms with Crippen LogP contribution < -0.4 is 10.2 Å². The molecule has 0 saturated carbocycles. The normalized spacial score (nSPS) is 11.0. The molecule has 0 unspecified atom stereocenters. The molecular formula is C18H17N5O2S3. The largest absolute Gasteiger partial charge is 0.467 e. The van der Waals surface area contributed by atoms with Crippen molar-refractivity contribution in [2.24, 2.45) is 0 Å². The number of nitrogens with one attached hydrogen (secondary N) is 1. The molecule has 4 aromatic rings. The summed E-state index contributed by atoms with van der Waals surface area (Å²) in [7, 11) is 0. The lowest BCUT2D eigenvalue weighted by molar-refractivity contribution is -0.116. The maximum absolute atomic E-state index is 12.7. The second kappa shape index (κ2) is 8.72. The zero-order valence-corrected chi connectivity index (χ0v) is 17.4. The minimum atomic E-state index is 0.00634. The molecule has 0 fully saturated rings. The van der Waals surface area contributed by atoms with Crippen LogP contribution in [0.4, 0.5) is 10.3 Å². The first-order valence-corrected chi connectivity index (χ1v) is 11.2. The highest BCUT2D eigenvalue weighted by Crippen LogP contribution is 2.30. The van der Waals surface area contributed by atoms with Crippen LogP contribution in [0, 0.1) is 0 Å². The lowest BCUT2D eigenvalue weighted by Crippen LogP contribution is -2.31. The molecule has 1 aromatic carbocycles. The van der Waals surface area contributed by atoms with Crippen molar-refractivity contribution in [3.63, 3.8) is 0 Å². The lowest BCUT2D eigenvalue weighted by atomic mass is 10.3. The predicted molar refractivity (Wildman–Crippen MR) is 114 cm³/mol. The number of carbonyl (C=O) groups is 1. The van der Waals surface area contributed by atoms with Crippen LogP contribution >= 0.6 is 34.4 Å². The van der Waals surface area contributed by atoms with E-state index < -0.39 is 0 Å². The number of aromatic nitrogens is 3. The number of amides is 1. The first kappa shape index (κ1) is 18.9. The summed E-state index contributed by atoms with van der Waals surface area (Å²) in [5, 5.41) is 12.8. The second-order valence-electron chi connectivity index (χ2n) is 5.70. The molecule has 0 aliphatic carbocycles. The summed E-state index contributed by atoms with van der Waals surface area (Å²) in [6.45, 7) is 3.08. The summed E-state index contributed by atoms with van der Waals surface area (Å²) in [5.74, 6) is 1.12. The third-order valence-corrected chi connectivity index (χ3v) is 6.91. The number of thiazole rings is 1. The van der Waals surface area contributed by atoms with Crippen LogP contribution in [-0.2, 0) is 11.3 Å². The van der Waals surface area contributed by atoms with Gasteiger partial charge < -0.3 is 9.73 Å². The molecule has 4 rings (SSSR count). The number of hydrogen-bond acceptors (Lipinski definition) is 9. The van der Waals surface area contributed by atoms with Gasteiger partial charge in [0.2, 0.25) is 11.0 Å². The van der Waals surface area contributed by atoms with Crippen LogP contribution in [-0.4, -0.2) is 33.4 Å². The number of rotatable bonds is 8. The maximum atomic E-state index is 12.7. The molecule has 0 saturated heterocycles. The third-order valence-electron chi connectivity index (χ3n) is 3.85. The van der Waals surface area contributed by atoms with Gasteiger partial charge in [-0.05, 0) is 31.2 Å². The smallest absolute Gasteiger partial charge is 0.239 e. The summed E-state index contributed by atoms with van der Waals surface area (Å²) in [5.41, 5.74) is 0.915. The van der Waals surface area contributed by atoms with Crippen molar-refractivity contribution < 1.29 is 9.21 Å². The number of anilines is 2. The maximum Gasteiger partial charge on any atom is 0.239 e. The molecule has 144 valence electrons. The van der Waals surface area contributed by atoms with E-state index in [1.54, 1.807) is 11.2 Å². The fourth-order valence-corrected chi connectivity index (χ4v) is 5.18. The zero-order chi connectivity index (χ0) is 19.3. The molecule has 3 heterocycles. The first-order chi connectivity index (χ1) is 13.7. The van der Waals surface area contributed by atoms with Crippen LogP contribution in [0.2, 0.25) is 0 Å². The first-order valence-electron chi connectivity index (χ1n) is 8.61. The van der Waals surface area contributed by atoms with Crippen molar-refractivity contribution in [2.75, 3.05) is 22.5 Å². The Bertz CT molecular complexity index is 1030. The highest BCUT2D eigenvalue weighted by Gasteiger charge is 2.19. The minimum Gasteiger partial charge on any atom is -0.467 e. The molecular weight excluding hydrogens is 414 g/mol. The van der Waals surface area contributed by atoms with Crippen molar-refractivity contribution in [2.45, 2.75) is 17.8 Å². The lowest BCUT2D eigenvalue weighted by Gasteiger charge is -2.16. The third kappa shape index (κ3) is 4.34. The zero-order valence-electron chi connectivity index (χ0n) is 15.0. The monoisotopic (exact) mass is 431 g/mol. The van der Waals surface area contributed by atoms with Gasteiger partial charge in [0.25, 0.3) is 0 Å². The molecule has 0 spiro atoms. The molecule has 0 atom stereocenters. The quantitative estimate of drug-likeness (QED) is 0.411. The van der Waals surface area contributed by atoms with Crippen molar-refractivity contribution >= 4 is 60.8 Å². The van der Waals surface area contributed by atoms with Crippen molar-refractivity contribution in [3.05, 3.63) is 48.4 Å². The fraction of sp³-hybridized carbons (Fsp3) is 0.222. The van der Waals surface area contributed by atoms with Gasteiger partial charge >= 0.3 is 0 Å². The summed E-state index contributed by atoms with van der Waals surface area (Å²) >= 11 is 4.33. The van der Waals surface area contributed by atoms with Gasteiger partial charge in [0.15, 0.2) is 9.47 Å². The van der Waals surface area contributed by atoms with E-state index in [9.17, 15) is 4.79 Å². The highest BCUT2D eigenvalue weighted by molar-refractivity contribution is 8.01. The van der Waals surface area contributed by atoms with Gasteiger partial charge in [-0.2, -0.15) is 0 Å². The molecule has 0 bridgehead atoms. The van der Waals surface area contributed by atoms with Crippen molar-refractivity contribution in [1.29, 1.82) is 0 Å². The summed E-state index contributed by atoms with van der Waals surface area (Å²) in [4.78, 5) is 19.0. The minimum absolute atomic E-state index is 0.00634. The van der Waals surface area contributed by atoms with Crippen molar-refractivity contribution in [1.82, 2.24) is 15.2 Å². The number of fused-ring (bicyclic) bond motifs is 1. The molecule has 10 heteroatoms. The van der Waals surface area contributed by atoms with Crippen LogP contribution in [0.5, 0.6) is 0 Å². The standard InChI is InChI=1S/C18H17N5O2S3/c1-2-23(17-20-13-7-3-4-8-14(13)27-17)15(24)11-26-18-22-21-16(28-18)19-10-12-6-5-9-25-12/h3-9H,2,10-11H2,1H3,(H,19,21). The second-order valence-corrected chi connectivity index (χ2v) is 8.91. The molecule has 7 nitrogen and oxygen atoms in total. The van der Waals surface area contributed by atoms with Gasteiger partial charge in [0.05, 0.1) is 28.8 Å². The number of carbonyl (C=O) groups excluding carboxylic acids is 1. The van der Waals surface area contributed by atoms with E-state index in [4.69, 9.17) is 4.42 Å². The summed E-state index contributed by atoms with van der Waals surface area (Å²) < 4.78 is 7.10. The van der Waals surface area contributed by atoms with Crippen LogP contribution in [0.1, 0.15) is 12.7 Å². The van der Waals surface area contributed by atoms with E-state index in [1.165, 1.54) is 34.4 Å². The van der Waals surface area contributed by atoms with Gasteiger partial charge in [-0.1, -0.05) is 46.6 Å². The Balaban J connectivity index is 1.35. The fourth-order valence-electron chi connectivity index (χ4n) is 2.51. The summed E-state index contributed by atoms with van der Waals surface area (Å²) in [6.07, 6.45) is 1.63. The van der Waals surface area contributed by atoms with Gasteiger partial charge in [0, 0.05) is 6.54 Å². The number of para-hydroxylation sites is 1. The van der Waals surface area contributed by atoms with Crippen LogP contribution in [0.3, 0.4) is 0 Å². The highest BCUT2D eigenvalue weighted by atomic mass is 32.2. The average Bonchev–Trinajstić information content (AvgIpc) is 3.45. The number of thioether (sulfide) groups is 1. The van der Waals surface area contributed by atoms with Gasteiger partial charge in [-0.15, -0.1) is 10.2 Å². The number of hydrogen-bond donors (Lipinski definition) is 1. The number of furan rings is 1. The average molecular weight is 432 g/mol. The molecule has 1 amide bonds. The Morgan fingerprint density at radius 1 is 1.21 bits per heavy atom. The molecule has 1 N–H and O–H groups in total. The Hall–Kier alpha value is -2.43. The molecule has 0 radical (unpaired) electrons. The van der Waals surface area contributed by atoms with E-state index in [0.29, 0.717) is 18.2 Å². The van der Waals surface area contributed by atoms with Gasteiger partial charge in [0.1, 0.15) is 5.76 Å². The molecule has 3 aromatic heterocycles. The topological polar surface area (TPSA) is 84.2 Å². The van der Waals surface area contributed by atoms with Gasteiger partial charge in [-0.3, -0.25) is 9.69 Å². The number of benzene rings is 1. The van der Waals surface area contributed by atoms with E-state index >= 15 is 0 Å². The Kier molecular flexibility index (Phi) is 5.89. The van der Waals surface area contributed by atoms with E-state index in [2.05, 4.69) is 20.5 Å². The predicted octanol–water partition coefficient (Wildman–Crippen LogP) is 4.50. The Morgan fingerprint density at radius 3 is 2.89 bits per heavy atom. The van der Waals surface area contributed by atoms with Crippen molar-refractivity contribution in [3.8, 4) is 0 Å². The summed E-state index contributed by atoms with van der Waals surface area (Å²) in [6, 6.07) is 11.6. The molecule has 28 heavy (non-hydrogen) atoms. The Labute approximate surface area is 173 Å². The molecule has 0 aliphatic rings. The molecule has 0 aliphatic heterocycles. The van der Waals surface area contributed by atoms with Gasteiger partial charge in [-0.25, -0.2) is 4.98 Å². The SMILES string of the molecule is CCN(C(=O)CSc1nnc(NCc2ccco2)s1)c1nc2ccccc2s1. The van der Waals surface area contributed by atoms with E-state index in [0.717, 1.165) is 25.4 Å². The Morgan fingerprint density at radius 2 is 2.11 bits per heavy atom. The van der Waals surface area contributed by atoms with E-state index in [-0.39, 0.29) is 11.7 Å². The van der Waals surface area contributed by atoms with Crippen LogP contribution in [0.15, 0.2) is 51.4 Å². The van der Waals surface area contributed by atoms with Crippen LogP contribution in [0.25, 0.3) is 10.2 Å². The number of nitrogens with zero attached hydrogens (tertiary/aromatic N) is 4.